The van der Waals surface area contributed by atoms with Gasteiger partial charge in [-0.2, -0.15) is 5.10 Å². The number of carbonyl (C=O) groups is 1. The number of benzene rings is 1. The Balaban J connectivity index is 1.32. The lowest BCUT2D eigenvalue weighted by Crippen LogP contribution is -2.28. The van der Waals surface area contributed by atoms with E-state index in [1.807, 2.05) is 56.3 Å². The number of hydrogen-bond donors (Lipinski definition) is 1. The summed E-state index contributed by atoms with van der Waals surface area (Å²) in [4.78, 5) is 19.3. The van der Waals surface area contributed by atoms with Gasteiger partial charge in [-0.15, -0.1) is 5.10 Å². The Labute approximate surface area is 200 Å². The highest BCUT2D eigenvalue weighted by Gasteiger charge is 2.19. The van der Waals surface area contributed by atoms with Gasteiger partial charge in [-0.1, -0.05) is 30.3 Å². The topological polar surface area (TPSA) is 88.9 Å². The summed E-state index contributed by atoms with van der Waals surface area (Å²) >= 11 is 0. The molecule has 0 saturated carbocycles. The SMILES string of the molecule is COc1nn(C)c2nc(C)c(CCC(=O)N(C)CCCc3cc(-c4ccccc4)n[nH]3)c(C)c12. The minimum atomic E-state index is 0.131. The number of ether oxygens (including phenoxy) is 1. The van der Waals surface area contributed by atoms with Crippen LogP contribution in [0.5, 0.6) is 5.88 Å². The molecule has 0 unspecified atom stereocenters. The van der Waals surface area contributed by atoms with Crippen LogP contribution in [0.15, 0.2) is 36.4 Å². The number of aromatic amines is 1. The van der Waals surface area contributed by atoms with E-state index in [0.29, 0.717) is 25.3 Å². The van der Waals surface area contributed by atoms with E-state index in [-0.39, 0.29) is 5.91 Å². The maximum Gasteiger partial charge on any atom is 0.242 e. The van der Waals surface area contributed by atoms with Crippen molar-refractivity contribution in [3.8, 4) is 17.1 Å². The zero-order valence-corrected chi connectivity index (χ0v) is 20.6. The molecule has 0 aliphatic rings. The van der Waals surface area contributed by atoms with Gasteiger partial charge in [0, 0.05) is 44.0 Å². The van der Waals surface area contributed by atoms with Gasteiger partial charge in [-0.3, -0.25) is 9.89 Å². The average Bonchev–Trinajstić information content (AvgIpc) is 3.43. The first-order chi connectivity index (χ1) is 16.4. The van der Waals surface area contributed by atoms with Gasteiger partial charge in [-0.05, 0) is 50.3 Å². The number of amides is 1. The molecule has 1 N–H and O–H groups in total. The predicted octanol–water partition coefficient (Wildman–Crippen LogP) is 4.01. The van der Waals surface area contributed by atoms with Crippen molar-refractivity contribution in [2.24, 2.45) is 7.05 Å². The Hall–Kier alpha value is -3.68. The molecule has 3 heterocycles. The van der Waals surface area contributed by atoms with Crippen molar-refractivity contribution >= 4 is 16.9 Å². The zero-order valence-electron chi connectivity index (χ0n) is 20.6. The maximum absolute atomic E-state index is 12.8. The monoisotopic (exact) mass is 460 g/mol. The summed E-state index contributed by atoms with van der Waals surface area (Å²) in [6.07, 6.45) is 2.80. The Morgan fingerprint density at radius 3 is 2.68 bits per heavy atom. The summed E-state index contributed by atoms with van der Waals surface area (Å²) in [6.45, 7) is 4.74. The molecule has 0 aliphatic carbocycles. The van der Waals surface area contributed by atoms with Crippen molar-refractivity contribution in [1.29, 1.82) is 0 Å². The Morgan fingerprint density at radius 1 is 1.18 bits per heavy atom. The number of nitrogens with zero attached hydrogens (tertiary/aromatic N) is 5. The fraction of sp³-hybridized carbons (Fsp3) is 0.385. The highest BCUT2D eigenvalue weighted by molar-refractivity contribution is 5.86. The van der Waals surface area contributed by atoms with E-state index in [9.17, 15) is 4.79 Å². The number of pyridine rings is 1. The fourth-order valence-electron chi connectivity index (χ4n) is 4.41. The number of H-pyrrole nitrogens is 1. The van der Waals surface area contributed by atoms with Crippen LogP contribution in [0.4, 0.5) is 0 Å². The lowest BCUT2D eigenvalue weighted by Gasteiger charge is -2.18. The first kappa shape index (κ1) is 23.5. The molecule has 0 spiro atoms. The largest absolute Gasteiger partial charge is 0.479 e. The lowest BCUT2D eigenvalue weighted by atomic mass is 10.00. The number of rotatable bonds is 9. The normalized spacial score (nSPS) is 11.2. The van der Waals surface area contributed by atoms with Crippen molar-refractivity contribution in [3.63, 3.8) is 0 Å². The maximum atomic E-state index is 12.8. The van der Waals surface area contributed by atoms with Crippen LogP contribution in [-0.4, -0.2) is 56.5 Å². The molecule has 178 valence electrons. The smallest absolute Gasteiger partial charge is 0.242 e. The van der Waals surface area contributed by atoms with E-state index in [2.05, 4.69) is 28.3 Å². The van der Waals surface area contributed by atoms with Crippen LogP contribution in [0.2, 0.25) is 0 Å². The molecule has 0 saturated heterocycles. The Bertz CT molecular complexity index is 1290. The molecule has 3 aromatic heterocycles. The van der Waals surface area contributed by atoms with E-state index in [0.717, 1.165) is 57.6 Å². The van der Waals surface area contributed by atoms with Gasteiger partial charge >= 0.3 is 0 Å². The van der Waals surface area contributed by atoms with Gasteiger partial charge in [0.15, 0.2) is 5.65 Å². The molecule has 1 aromatic carbocycles. The van der Waals surface area contributed by atoms with E-state index in [1.165, 1.54) is 0 Å². The van der Waals surface area contributed by atoms with Crippen molar-refractivity contribution in [1.82, 2.24) is 29.9 Å². The molecular weight excluding hydrogens is 428 g/mol. The molecule has 0 radical (unpaired) electrons. The number of methoxy groups -OCH3 is 1. The lowest BCUT2D eigenvalue weighted by molar-refractivity contribution is -0.129. The standard InChI is InChI=1S/C26H32N6O2/c1-17-21(18(2)27-25-24(17)26(34-5)30-32(25)4)13-14-23(33)31(3)15-9-12-20-16-22(29-28-20)19-10-7-6-8-11-19/h6-8,10-11,16H,9,12-15H2,1-5H3,(H,28,29). The van der Waals surface area contributed by atoms with Crippen LogP contribution >= 0.6 is 0 Å². The highest BCUT2D eigenvalue weighted by atomic mass is 16.5. The predicted molar refractivity (Wildman–Crippen MR) is 133 cm³/mol. The minimum Gasteiger partial charge on any atom is -0.479 e. The van der Waals surface area contributed by atoms with Crippen molar-refractivity contribution in [3.05, 3.63) is 58.9 Å². The van der Waals surface area contributed by atoms with E-state index in [4.69, 9.17) is 9.72 Å². The quantitative estimate of drug-likeness (QED) is 0.408. The summed E-state index contributed by atoms with van der Waals surface area (Å²) in [5, 5.41) is 12.8. The summed E-state index contributed by atoms with van der Waals surface area (Å²) in [5.41, 5.74) is 7.02. The van der Waals surface area contributed by atoms with Crippen LogP contribution in [-0.2, 0) is 24.7 Å². The van der Waals surface area contributed by atoms with Crippen LogP contribution in [0.1, 0.15) is 35.4 Å². The van der Waals surface area contributed by atoms with Crippen molar-refractivity contribution in [2.75, 3.05) is 20.7 Å². The number of aromatic nitrogens is 5. The molecule has 4 rings (SSSR count). The van der Waals surface area contributed by atoms with Gasteiger partial charge in [0.05, 0.1) is 18.2 Å². The third kappa shape index (κ3) is 4.81. The number of carbonyl (C=O) groups excluding carboxylic acids is 1. The second-order valence-electron chi connectivity index (χ2n) is 8.70. The first-order valence-electron chi connectivity index (χ1n) is 11.6. The Morgan fingerprint density at radius 2 is 1.94 bits per heavy atom. The van der Waals surface area contributed by atoms with E-state index < -0.39 is 0 Å². The van der Waals surface area contributed by atoms with E-state index in [1.54, 1.807) is 11.8 Å². The van der Waals surface area contributed by atoms with Crippen molar-refractivity contribution < 1.29 is 9.53 Å². The number of hydrogen-bond acceptors (Lipinski definition) is 5. The second-order valence-corrected chi connectivity index (χ2v) is 8.70. The van der Waals surface area contributed by atoms with Gasteiger partial charge in [0.1, 0.15) is 0 Å². The second kappa shape index (κ2) is 10.1. The molecule has 1 amide bonds. The average molecular weight is 461 g/mol. The minimum absolute atomic E-state index is 0.131. The van der Waals surface area contributed by atoms with Crippen LogP contribution < -0.4 is 4.74 Å². The van der Waals surface area contributed by atoms with Crippen LogP contribution in [0, 0.1) is 13.8 Å². The molecule has 8 nitrogen and oxygen atoms in total. The van der Waals surface area contributed by atoms with Crippen molar-refractivity contribution in [2.45, 2.75) is 39.5 Å². The molecule has 0 aliphatic heterocycles. The summed E-state index contributed by atoms with van der Waals surface area (Å²) in [6, 6.07) is 12.2. The molecule has 8 heteroatoms. The van der Waals surface area contributed by atoms with E-state index >= 15 is 0 Å². The zero-order chi connectivity index (χ0) is 24.2. The van der Waals surface area contributed by atoms with Crippen LogP contribution in [0.3, 0.4) is 0 Å². The number of fused-ring (bicyclic) bond motifs is 1. The fourth-order valence-corrected chi connectivity index (χ4v) is 4.41. The molecule has 4 aromatic rings. The molecular formula is C26H32N6O2. The van der Waals surface area contributed by atoms with Crippen LogP contribution in [0.25, 0.3) is 22.3 Å². The Kier molecular flexibility index (Phi) is 6.95. The highest BCUT2D eigenvalue weighted by Crippen LogP contribution is 2.30. The summed E-state index contributed by atoms with van der Waals surface area (Å²) in [5.74, 6) is 0.702. The summed E-state index contributed by atoms with van der Waals surface area (Å²) < 4.78 is 7.18. The number of aryl methyl sites for hydroxylation is 4. The molecule has 34 heavy (non-hydrogen) atoms. The molecule has 0 bridgehead atoms. The summed E-state index contributed by atoms with van der Waals surface area (Å²) in [7, 11) is 5.35. The van der Waals surface area contributed by atoms with Gasteiger partial charge in [0.25, 0.3) is 0 Å². The first-order valence-corrected chi connectivity index (χ1v) is 11.6. The third-order valence-electron chi connectivity index (χ3n) is 6.37. The van der Waals surface area contributed by atoms with Gasteiger partial charge < -0.3 is 9.64 Å². The van der Waals surface area contributed by atoms with Gasteiger partial charge in [0.2, 0.25) is 11.8 Å². The number of nitrogens with one attached hydrogen (secondary N) is 1. The third-order valence-corrected chi connectivity index (χ3v) is 6.37. The van der Waals surface area contributed by atoms with Gasteiger partial charge in [-0.25, -0.2) is 9.67 Å². The molecule has 0 fully saturated rings. The molecule has 0 atom stereocenters.